The molecule has 2 aromatic carbocycles. The molecule has 0 atom stereocenters. The number of thioether (sulfide) groups is 1. The molecule has 2 saturated heterocycles. The first-order valence-electron chi connectivity index (χ1n) is 10.6. The van der Waals surface area contributed by atoms with Crippen molar-refractivity contribution in [1.29, 1.82) is 0 Å². The first-order valence-corrected chi connectivity index (χ1v) is 12.2. The highest BCUT2D eigenvalue weighted by Gasteiger charge is 2.37. The largest absolute Gasteiger partial charge is 0.422 e. The number of rotatable bonds is 5. The van der Waals surface area contributed by atoms with E-state index in [-0.39, 0.29) is 33.7 Å². The number of hydrogen-bond acceptors (Lipinski definition) is 6. The summed E-state index contributed by atoms with van der Waals surface area (Å²) in [5.74, 6) is -1.29. The van der Waals surface area contributed by atoms with Crippen LogP contribution in [0.2, 0.25) is 10.0 Å². The quantitative estimate of drug-likeness (QED) is 0.305. The fourth-order valence-electron chi connectivity index (χ4n) is 3.66. The molecule has 7 nitrogen and oxygen atoms in total. The minimum absolute atomic E-state index is 0.136. The number of para-hydroxylation sites is 1. The van der Waals surface area contributed by atoms with Crippen molar-refractivity contribution < 1.29 is 23.9 Å². The molecule has 0 unspecified atom stereocenters. The standard InChI is InChI=1S/C24H20Cl2N2O5S/c25-16-8-9-17(18(26)13-16)23(31)33-19-7-3-2-6-15(19)12-20-22(30)28(24(32)34-20)14-21(29)27-10-4-1-5-11-27/h2-3,6-9,12-13H,1,4-5,10-11,14H2/b20-12-. The maximum atomic E-state index is 12.9. The average Bonchev–Trinajstić information content (AvgIpc) is 3.08. The molecule has 0 saturated carbocycles. The molecular formula is C24H20Cl2N2O5S. The van der Waals surface area contributed by atoms with Gasteiger partial charge in [-0.15, -0.1) is 0 Å². The Bertz CT molecular complexity index is 1190. The molecule has 2 aliphatic heterocycles. The number of ether oxygens (including phenoxy) is 1. The Balaban J connectivity index is 1.51. The van der Waals surface area contributed by atoms with Gasteiger partial charge in [0, 0.05) is 23.7 Å². The molecule has 0 radical (unpaired) electrons. The van der Waals surface area contributed by atoms with Gasteiger partial charge in [-0.05, 0) is 61.4 Å². The Labute approximate surface area is 210 Å². The van der Waals surface area contributed by atoms with Gasteiger partial charge >= 0.3 is 5.97 Å². The van der Waals surface area contributed by atoms with E-state index in [9.17, 15) is 19.2 Å². The normalized spacial score (nSPS) is 17.4. The van der Waals surface area contributed by atoms with Crippen molar-refractivity contribution in [2.45, 2.75) is 19.3 Å². The SMILES string of the molecule is O=C(Oc1ccccc1/C=C1\SC(=O)N(CC(=O)N2CCCCC2)C1=O)c1ccc(Cl)cc1Cl. The van der Waals surface area contributed by atoms with Crippen LogP contribution in [0.5, 0.6) is 5.75 Å². The number of benzene rings is 2. The molecule has 3 amide bonds. The maximum absolute atomic E-state index is 12.9. The third-order valence-corrected chi connectivity index (χ3v) is 6.89. The van der Waals surface area contributed by atoms with Crippen molar-refractivity contribution in [3.05, 3.63) is 68.5 Å². The summed E-state index contributed by atoms with van der Waals surface area (Å²) in [6, 6.07) is 11.0. The third-order valence-electron chi connectivity index (χ3n) is 5.44. The first-order chi connectivity index (χ1) is 16.3. The summed E-state index contributed by atoms with van der Waals surface area (Å²) in [5.41, 5.74) is 0.561. The number of likely N-dealkylation sites (tertiary alicyclic amines) is 1. The fraction of sp³-hybridized carbons (Fsp3) is 0.250. The van der Waals surface area contributed by atoms with Crippen LogP contribution in [0.4, 0.5) is 4.79 Å². The first kappa shape index (κ1) is 24.3. The molecule has 0 bridgehead atoms. The smallest absolute Gasteiger partial charge is 0.345 e. The van der Waals surface area contributed by atoms with E-state index < -0.39 is 17.1 Å². The topological polar surface area (TPSA) is 84.0 Å². The molecule has 2 aliphatic rings. The molecule has 0 spiro atoms. The van der Waals surface area contributed by atoms with Crippen LogP contribution in [0.25, 0.3) is 6.08 Å². The fourth-order valence-corrected chi connectivity index (χ4v) is 4.97. The summed E-state index contributed by atoms with van der Waals surface area (Å²) in [4.78, 5) is 53.3. The van der Waals surface area contributed by atoms with Crippen LogP contribution in [0.1, 0.15) is 35.2 Å². The number of nitrogens with zero attached hydrogens (tertiary/aromatic N) is 2. The molecular weight excluding hydrogens is 499 g/mol. The highest BCUT2D eigenvalue weighted by Crippen LogP contribution is 2.34. The minimum Gasteiger partial charge on any atom is -0.422 e. The molecule has 176 valence electrons. The van der Waals surface area contributed by atoms with Gasteiger partial charge in [0.25, 0.3) is 11.1 Å². The van der Waals surface area contributed by atoms with Crippen molar-refractivity contribution in [2.24, 2.45) is 0 Å². The molecule has 0 aromatic heterocycles. The zero-order chi connectivity index (χ0) is 24.2. The van der Waals surface area contributed by atoms with Gasteiger partial charge in [0.05, 0.1) is 15.5 Å². The Morgan fingerprint density at radius 3 is 2.50 bits per heavy atom. The van der Waals surface area contributed by atoms with Gasteiger partial charge in [-0.3, -0.25) is 19.3 Å². The molecule has 0 aliphatic carbocycles. The average molecular weight is 519 g/mol. The van der Waals surface area contributed by atoms with Crippen LogP contribution < -0.4 is 4.74 Å². The highest BCUT2D eigenvalue weighted by atomic mass is 35.5. The van der Waals surface area contributed by atoms with E-state index in [4.69, 9.17) is 27.9 Å². The number of halogens is 2. The summed E-state index contributed by atoms with van der Waals surface area (Å²) in [5, 5.41) is 0.0231. The second-order valence-corrected chi connectivity index (χ2v) is 9.60. The van der Waals surface area contributed by atoms with Crippen molar-refractivity contribution in [2.75, 3.05) is 19.6 Å². The number of hydrogen-bond donors (Lipinski definition) is 0. The van der Waals surface area contributed by atoms with Crippen LogP contribution >= 0.6 is 35.0 Å². The summed E-state index contributed by atoms with van der Waals surface area (Å²) < 4.78 is 5.50. The number of esters is 1. The lowest BCUT2D eigenvalue weighted by Gasteiger charge is -2.27. The number of imide groups is 1. The summed E-state index contributed by atoms with van der Waals surface area (Å²) in [7, 11) is 0. The number of amides is 3. The van der Waals surface area contributed by atoms with Gasteiger partial charge in [-0.2, -0.15) is 0 Å². The van der Waals surface area contributed by atoms with E-state index in [0.717, 1.165) is 35.9 Å². The Morgan fingerprint density at radius 1 is 1.03 bits per heavy atom. The Kier molecular flexibility index (Phi) is 7.60. The molecule has 2 aromatic rings. The summed E-state index contributed by atoms with van der Waals surface area (Å²) >= 11 is 12.7. The Hall–Kier alpha value is -2.81. The van der Waals surface area contributed by atoms with Gasteiger partial charge in [0.1, 0.15) is 12.3 Å². The predicted octanol–water partition coefficient (Wildman–Crippen LogP) is 5.26. The lowest BCUT2D eigenvalue weighted by atomic mass is 10.1. The van der Waals surface area contributed by atoms with Crippen LogP contribution in [-0.2, 0) is 9.59 Å². The number of piperidine rings is 1. The van der Waals surface area contributed by atoms with Crippen molar-refractivity contribution in [3.8, 4) is 5.75 Å². The summed E-state index contributed by atoms with van der Waals surface area (Å²) in [6.07, 6.45) is 4.39. The van der Waals surface area contributed by atoms with Crippen LogP contribution in [-0.4, -0.2) is 52.5 Å². The van der Waals surface area contributed by atoms with E-state index in [1.807, 2.05) is 0 Å². The molecule has 4 rings (SSSR count). The van der Waals surface area contributed by atoms with Gasteiger partial charge in [0.2, 0.25) is 5.91 Å². The van der Waals surface area contributed by atoms with Crippen LogP contribution in [0.15, 0.2) is 47.4 Å². The van der Waals surface area contributed by atoms with Crippen molar-refractivity contribution in [3.63, 3.8) is 0 Å². The molecule has 0 N–H and O–H groups in total. The molecule has 2 heterocycles. The van der Waals surface area contributed by atoms with E-state index in [1.165, 1.54) is 24.3 Å². The van der Waals surface area contributed by atoms with Crippen molar-refractivity contribution >= 4 is 64.1 Å². The maximum Gasteiger partial charge on any atom is 0.345 e. The summed E-state index contributed by atoms with van der Waals surface area (Å²) in [6.45, 7) is 0.996. The number of carbonyl (C=O) groups is 4. The Morgan fingerprint density at radius 2 is 1.76 bits per heavy atom. The monoisotopic (exact) mass is 518 g/mol. The lowest BCUT2D eigenvalue weighted by molar-refractivity contribution is -0.136. The zero-order valence-electron chi connectivity index (χ0n) is 18.0. The molecule has 2 fully saturated rings. The van der Waals surface area contributed by atoms with E-state index in [2.05, 4.69) is 0 Å². The zero-order valence-corrected chi connectivity index (χ0v) is 20.3. The van der Waals surface area contributed by atoms with E-state index in [1.54, 1.807) is 29.2 Å². The second-order valence-electron chi connectivity index (χ2n) is 7.76. The molecule has 10 heteroatoms. The van der Waals surface area contributed by atoms with Gasteiger partial charge < -0.3 is 9.64 Å². The molecule has 34 heavy (non-hydrogen) atoms. The highest BCUT2D eigenvalue weighted by molar-refractivity contribution is 8.18. The lowest BCUT2D eigenvalue weighted by Crippen LogP contribution is -2.44. The van der Waals surface area contributed by atoms with E-state index in [0.29, 0.717) is 23.7 Å². The van der Waals surface area contributed by atoms with Gasteiger partial charge in [-0.1, -0.05) is 41.4 Å². The van der Waals surface area contributed by atoms with Crippen molar-refractivity contribution in [1.82, 2.24) is 9.80 Å². The van der Waals surface area contributed by atoms with Crippen LogP contribution in [0, 0.1) is 0 Å². The van der Waals surface area contributed by atoms with Gasteiger partial charge in [0.15, 0.2) is 0 Å². The minimum atomic E-state index is -0.692. The van der Waals surface area contributed by atoms with Gasteiger partial charge in [-0.25, -0.2) is 4.79 Å². The third kappa shape index (κ3) is 5.46. The van der Waals surface area contributed by atoms with E-state index >= 15 is 0 Å². The number of carbonyl (C=O) groups excluding carboxylic acids is 4. The second kappa shape index (κ2) is 10.6. The predicted molar refractivity (Wildman–Crippen MR) is 131 cm³/mol. The van der Waals surface area contributed by atoms with Crippen LogP contribution in [0.3, 0.4) is 0 Å².